The normalized spacial score (nSPS) is 10.1. The van der Waals surface area contributed by atoms with E-state index in [1.165, 1.54) is 10.7 Å². The number of hydrogen-bond donors (Lipinski definition) is 0. The predicted octanol–water partition coefficient (Wildman–Crippen LogP) is 0.921. The molecule has 0 N–H and O–H groups in total. The highest BCUT2D eigenvalue weighted by atomic mass is 16.1. The maximum absolute atomic E-state index is 11.3. The first-order chi connectivity index (χ1) is 6.59. The van der Waals surface area contributed by atoms with Crippen molar-refractivity contribution in [2.24, 2.45) is 0 Å². The number of ketones is 1. The van der Waals surface area contributed by atoms with Crippen LogP contribution in [0.4, 0.5) is 0 Å². The highest BCUT2D eigenvalue weighted by Crippen LogP contribution is 1.93. The van der Waals surface area contributed by atoms with Crippen molar-refractivity contribution in [3.8, 4) is 0 Å². The van der Waals surface area contributed by atoms with Crippen molar-refractivity contribution in [3.05, 3.63) is 28.2 Å². The van der Waals surface area contributed by atoms with E-state index in [-0.39, 0.29) is 11.3 Å². The zero-order valence-electron chi connectivity index (χ0n) is 8.49. The van der Waals surface area contributed by atoms with Crippen molar-refractivity contribution < 1.29 is 4.79 Å². The van der Waals surface area contributed by atoms with E-state index >= 15 is 0 Å². The second kappa shape index (κ2) is 4.69. The van der Waals surface area contributed by atoms with Gasteiger partial charge in [0.1, 0.15) is 5.78 Å². The predicted molar refractivity (Wildman–Crippen MR) is 53.1 cm³/mol. The van der Waals surface area contributed by atoms with Gasteiger partial charge in [0.2, 0.25) is 0 Å². The van der Waals surface area contributed by atoms with Gasteiger partial charge in [0.25, 0.3) is 5.56 Å². The first kappa shape index (κ1) is 10.6. The molecule has 0 aliphatic rings. The third-order valence-corrected chi connectivity index (χ3v) is 1.90. The Bertz CT molecular complexity index is 382. The Hall–Kier alpha value is -1.45. The molecule has 1 rings (SSSR count). The van der Waals surface area contributed by atoms with Crippen molar-refractivity contribution in [2.45, 2.75) is 33.2 Å². The number of carbonyl (C=O) groups excluding carboxylic acids is 1. The topological polar surface area (TPSA) is 52.0 Å². The van der Waals surface area contributed by atoms with Crippen molar-refractivity contribution in [3.63, 3.8) is 0 Å². The van der Waals surface area contributed by atoms with Gasteiger partial charge < -0.3 is 4.79 Å². The summed E-state index contributed by atoms with van der Waals surface area (Å²) in [6.45, 7) is 3.90. The molecule has 14 heavy (non-hydrogen) atoms. The van der Waals surface area contributed by atoms with E-state index in [4.69, 9.17) is 0 Å². The maximum Gasteiger partial charge on any atom is 0.266 e. The van der Waals surface area contributed by atoms with Gasteiger partial charge in [0, 0.05) is 19.0 Å². The van der Waals surface area contributed by atoms with Crippen LogP contribution in [0.5, 0.6) is 0 Å². The zero-order valence-corrected chi connectivity index (χ0v) is 8.49. The van der Waals surface area contributed by atoms with Gasteiger partial charge in [-0.1, -0.05) is 0 Å². The molecule has 1 heterocycles. The molecule has 0 atom stereocenters. The highest BCUT2D eigenvalue weighted by molar-refractivity contribution is 5.75. The third kappa shape index (κ3) is 3.12. The average Bonchev–Trinajstić information content (AvgIpc) is 2.10. The Balaban J connectivity index is 2.62. The zero-order chi connectivity index (χ0) is 10.6. The van der Waals surface area contributed by atoms with Gasteiger partial charge in [-0.2, -0.15) is 5.10 Å². The third-order valence-electron chi connectivity index (χ3n) is 1.90. The van der Waals surface area contributed by atoms with E-state index in [1.54, 1.807) is 13.0 Å². The van der Waals surface area contributed by atoms with E-state index in [0.29, 0.717) is 19.4 Å². The number of aromatic nitrogens is 2. The van der Waals surface area contributed by atoms with E-state index < -0.39 is 0 Å². The maximum atomic E-state index is 11.3. The van der Waals surface area contributed by atoms with E-state index in [9.17, 15) is 9.59 Å². The lowest BCUT2D eigenvalue weighted by molar-refractivity contribution is -0.117. The molecular weight excluding hydrogens is 180 g/mol. The fraction of sp³-hybridized carbons (Fsp3) is 0.500. The number of hydrogen-bond acceptors (Lipinski definition) is 3. The van der Waals surface area contributed by atoms with Crippen LogP contribution < -0.4 is 5.56 Å². The van der Waals surface area contributed by atoms with Crippen LogP contribution in [-0.4, -0.2) is 15.6 Å². The van der Waals surface area contributed by atoms with Crippen LogP contribution in [0, 0.1) is 6.92 Å². The largest absolute Gasteiger partial charge is 0.300 e. The van der Waals surface area contributed by atoms with Crippen LogP contribution in [0.25, 0.3) is 0 Å². The molecule has 0 saturated carbocycles. The van der Waals surface area contributed by atoms with Crippen molar-refractivity contribution in [1.82, 2.24) is 9.78 Å². The smallest absolute Gasteiger partial charge is 0.266 e. The summed E-state index contributed by atoms with van der Waals surface area (Å²) in [5, 5.41) is 4.06. The lowest BCUT2D eigenvalue weighted by Crippen LogP contribution is -2.22. The second-order valence-corrected chi connectivity index (χ2v) is 3.34. The van der Waals surface area contributed by atoms with E-state index in [2.05, 4.69) is 5.10 Å². The summed E-state index contributed by atoms with van der Waals surface area (Å²) in [4.78, 5) is 21.9. The second-order valence-electron chi connectivity index (χ2n) is 3.34. The van der Waals surface area contributed by atoms with E-state index in [1.807, 2.05) is 6.92 Å². The summed E-state index contributed by atoms with van der Waals surface area (Å²) in [5.41, 5.74) is 0.701. The van der Waals surface area contributed by atoms with E-state index in [0.717, 1.165) is 5.69 Å². The fourth-order valence-electron chi connectivity index (χ4n) is 1.19. The number of nitrogens with zero attached hydrogens (tertiary/aromatic N) is 2. The molecule has 4 nitrogen and oxygen atoms in total. The number of aryl methyl sites for hydroxylation is 2. The van der Waals surface area contributed by atoms with Crippen molar-refractivity contribution in [2.75, 3.05) is 0 Å². The lowest BCUT2D eigenvalue weighted by atomic mass is 10.2. The summed E-state index contributed by atoms with van der Waals surface area (Å²) < 4.78 is 1.40. The van der Waals surface area contributed by atoms with Crippen LogP contribution in [0.2, 0.25) is 0 Å². The van der Waals surface area contributed by atoms with Gasteiger partial charge >= 0.3 is 0 Å². The number of carbonyl (C=O) groups is 1. The molecule has 4 heteroatoms. The first-order valence-electron chi connectivity index (χ1n) is 4.64. The molecule has 0 aliphatic heterocycles. The monoisotopic (exact) mass is 194 g/mol. The molecule has 0 unspecified atom stereocenters. The summed E-state index contributed by atoms with van der Waals surface area (Å²) >= 11 is 0. The Labute approximate surface area is 82.6 Å². The lowest BCUT2D eigenvalue weighted by Gasteiger charge is -2.03. The minimum atomic E-state index is -0.112. The summed E-state index contributed by atoms with van der Waals surface area (Å²) in [7, 11) is 0. The van der Waals surface area contributed by atoms with Crippen LogP contribution in [0.15, 0.2) is 16.9 Å². The Morgan fingerprint density at radius 1 is 1.50 bits per heavy atom. The standard InChI is InChI=1S/C10H14N2O2/c1-8-5-6-10(14)12(11-8)7-3-4-9(2)13/h5-6H,3-4,7H2,1-2H3. The molecule has 0 amide bonds. The number of rotatable bonds is 4. The van der Waals surface area contributed by atoms with Crippen molar-refractivity contribution in [1.29, 1.82) is 0 Å². The summed E-state index contributed by atoms with van der Waals surface area (Å²) in [6.07, 6.45) is 1.17. The molecule has 0 saturated heterocycles. The molecule has 76 valence electrons. The number of Topliss-reactive ketones (excluding diaryl/α,β-unsaturated/α-hetero) is 1. The molecule has 1 aromatic heterocycles. The first-order valence-corrected chi connectivity index (χ1v) is 4.64. The van der Waals surface area contributed by atoms with Gasteiger partial charge in [0.15, 0.2) is 0 Å². The van der Waals surface area contributed by atoms with Gasteiger partial charge in [-0.25, -0.2) is 4.68 Å². The quantitative estimate of drug-likeness (QED) is 0.716. The van der Waals surface area contributed by atoms with Crippen molar-refractivity contribution >= 4 is 5.78 Å². The minimum Gasteiger partial charge on any atom is -0.300 e. The molecule has 0 radical (unpaired) electrons. The van der Waals surface area contributed by atoms with Crippen LogP contribution in [-0.2, 0) is 11.3 Å². The van der Waals surface area contributed by atoms with Crippen LogP contribution in [0.3, 0.4) is 0 Å². The van der Waals surface area contributed by atoms with Gasteiger partial charge in [-0.3, -0.25) is 4.79 Å². The van der Waals surface area contributed by atoms with Crippen LogP contribution >= 0.6 is 0 Å². The Morgan fingerprint density at radius 2 is 2.21 bits per heavy atom. The molecule has 0 spiro atoms. The molecular formula is C10H14N2O2. The minimum absolute atomic E-state index is 0.112. The highest BCUT2D eigenvalue weighted by Gasteiger charge is 1.98. The summed E-state index contributed by atoms with van der Waals surface area (Å²) in [6, 6.07) is 3.18. The fourth-order valence-corrected chi connectivity index (χ4v) is 1.19. The molecule has 0 aliphatic carbocycles. The van der Waals surface area contributed by atoms with Gasteiger partial charge in [0.05, 0.1) is 5.69 Å². The van der Waals surface area contributed by atoms with Gasteiger partial charge in [-0.15, -0.1) is 0 Å². The average molecular weight is 194 g/mol. The van der Waals surface area contributed by atoms with Crippen LogP contribution in [0.1, 0.15) is 25.5 Å². The molecule has 1 aromatic rings. The Kier molecular flexibility index (Phi) is 3.56. The molecule has 0 bridgehead atoms. The summed E-state index contributed by atoms with van der Waals surface area (Å²) in [5.74, 6) is 0.144. The Morgan fingerprint density at radius 3 is 2.86 bits per heavy atom. The van der Waals surface area contributed by atoms with Gasteiger partial charge in [-0.05, 0) is 26.3 Å². The molecule has 0 fully saturated rings. The molecule has 0 aromatic carbocycles. The SMILES string of the molecule is CC(=O)CCCn1nc(C)ccc1=O.